The number of hydrogen-bond donors (Lipinski definition) is 2. The number of nitro benzene ring substituents is 1. The van der Waals surface area contributed by atoms with Gasteiger partial charge in [-0.2, -0.15) is 5.10 Å². The fourth-order valence-corrected chi connectivity index (χ4v) is 3.85. The molecule has 0 bridgehead atoms. The van der Waals surface area contributed by atoms with E-state index in [2.05, 4.69) is 15.8 Å². The second-order valence-corrected chi connectivity index (χ2v) is 8.83. The Kier molecular flexibility index (Phi) is 8.67. The Balaban J connectivity index is 1.37. The third kappa shape index (κ3) is 7.54. The summed E-state index contributed by atoms with van der Waals surface area (Å²) in [4.78, 5) is 48.6. The number of benzene rings is 3. The summed E-state index contributed by atoms with van der Waals surface area (Å²) < 4.78 is 5.28. The summed E-state index contributed by atoms with van der Waals surface area (Å²) in [7, 11) is 0. The number of non-ortho nitro benzene ring substituents is 1. The van der Waals surface area contributed by atoms with E-state index in [-0.39, 0.29) is 22.7 Å². The highest BCUT2D eigenvalue weighted by molar-refractivity contribution is 7.10. The van der Waals surface area contributed by atoms with Gasteiger partial charge in [0.05, 0.1) is 16.7 Å². The standard InChI is InChI=1S/C28H20N4O6S/c33-26(20-5-2-1-3-6-20)30-25(17-24-7-4-16-39-24)27(34)31-29-18-19-8-14-23(15-9-19)38-28(35)21-10-12-22(13-11-21)32(36)37/h1-18H,(H,30,33)(H,31,34)/b25-17-,29-18+. The van der Waals surface area contributed by atoms with Crippen molar-refractivity contribution < 1.29 is 24.0 Å². The van der Waals surface area contributed by atoms with Gasteiger partial charge in [-0.05, 0) is 71.6 Å². The first-order valence-corrected chi connectivity index (χ1v) is 12.3. The molecule has 0 aliphatic rings. The average molecular weight is 541 g/mol. The number of ether oxygens (including phenoxy) is 1. The van der Waals surface area contributed by atoms with Gasteiger partial charge in [0.1, 0.15) is 11.4 Å². The van der Waals surface area contributed by atoms with Crippen molar-refractivity contribution in [3.05, 3.63) is 134 Å². The molecule has 194 valence electrons. The zero-order valence-electron chi connectivity index (χ0n) is 20.1. The van der Waals surface area contributed by atoms with E-state index in [1.807, 2.05) is 17.5 Å². The molecule has 2 N–H and O–H groups in total. The minimum atomic E-state index is -0.666. The van der Waals surface area contributed by atoms with Crippen LogP contribution in [0.15, 0.2) is 107 Å². The Morgan fingerprint density at radius 1 is 0.872 bits per heavy atom. The maximum atomic E-state index is 12.8. The molecule has 11 heteroatoms. The van der Waals surface area contributed by atoms with Crippen LogP contribution in [0.4, 0.5) is 5.69 Å². The van der Waals surface area contributed by atoms with Crippen molar-refractivity contribution in [1.82, 2.24) is 10.7 Å². The maximum Gasteiger partial charge on any atom is 0.343 e. The number of carbonyl (C=O) groups is 3. The first-order valence-electron chi connectivity index (χ1n) is 11.4. The zero-order chi connectivity index (χ0) is 27.6. The molecule has 2 amide bonds. The molecule has 0 aliphatic heterocycles. The van der Waals surface area contributed by atoms with Crippen LogP contribution in [-0.4, -0.2) is 28.9 Å². The quantitative estimate of drug-likeness (QED) is 0.0781. The van der Waals surface area contributed by atoms with Gasteiger partial charge in [0, 0.05) is 22.6 Å². The van der Waals surface area contributed by atoms with E-state index in [0.717, 1.165) is 4.88 Å². The summed E-state index contributed by atoms with van der Waals surface area (Å²) in [5.74, 6) is -1.46. The number of nitrogens with one attached hydrogen (secondary N) is 2. The molecule has 39 heavy (non-hydrogen) atoms. The molecule has 1 aromatic heterocycles. The molecule has 0 saturated heterocycles. The third-order valence-corrected chi connectivity index (χ3v) is 5.96. The van der Waals surface area contributed by atoms with E-state index in [1.54, 1.807) is 48.5 Å². The zero-order valence-corrected chi connectivity index (χ0v) is 21.0. The van der Waals surface area contributed by atoms with Crippen LogP contribution in [0.3, 0.4) is 0 Å². The van der Waals surface area contributed by atoms with Gasteiger partial charge in [0.25, 0.3) is 17.5 Å². The Morgan fingerprint density at radius 2 is 1.59 bits per heavy atom. The summed E-state index contributed by atoms with van der Waals surface area (Å²) >= 11 is 1.41. The number of hydrazone groups is 1. The van der Waals surface area contributed by atoms with E-state index in [1.165, 1.54) is 53.9 Å². The van der Waals surface area contributed by atoms with Crippen LogP contribution in [-0.2, 0) is 4.79 Å². The summed E-state index contributed by atoms with van der Waals surface area (Å²) in [6.45, 7) is 0. The number of hydrogen-bond acceptors (Lipinski definition) is 8. The molecule has 0 radical (unpaired) electrons. The number of nitro groups is 1. The highest BCUT2D eigenvalue weighted by Crippen LogP contribution is 2.17. The Bertz CT molecular complexity index is 1530. The van der Waals surface area contributed by atoms with Crippen LogP contribution in [0.1, 0.15) is 31.2 Å². The lowest BCUT2D eigenvalue weighted by Crippen LogP contribution is -2.32. The van der Waals surface area contributed by atoms with Crippen LogP contribution in [0.25, 0.3) is 6.08 Å². The molecule has 0 spiro atoms. The third-order valence-electron chi connectivity index (χ3n) is 5.14. The van der Waals surface area contributed by atoms with Crippen molar-refractivity contribution in [2.45, 2.75) is 0 Å². The predicted molar refractivity (Wildman–Crippen MR) is 146 cm³/mol. The SMILES string of the molecule is O=C(N/N=C/c1ccc(OC(=O)c2ccc([N+](=O)[O-])cc2)cc1)/C(=C/c1cccs1)NC(=O)c1ccccc1. The minimum Gasteiger partial charge on any atom is -0.423 e. The lowest BCUT2D eigenvalue weighted by Gasteiger charge is -2.08. The minimum absolute atomic E-state index is 0.0250. The van der Waals surface area contributed by atoms with Gasteiger partial charge in [-0.3, -0.25) is 19.7 Å². The summed E-state index contributed by atoms with van der Waals surface area (Å²) in [5.41, 5.74) is 3.46. The molecule has 1 heterocycles. The summed E-state index contributed by atoms with van der Waals surface area (Å²) in [5, 5.41) is 19.2. The maximum absolute atomic E-state index is 12.8. The van der Waals surface area contributed by atoms with Crippen molar-refractivity contribution in [3.8, 4) is 5.75 Å². The number of amides is 2. The van der Waals surface area contributed by atoms with Crippen molar-refractivity contribution in [3.63, 3.8) is 0 Å². The topological polar surface area (TPSA) is 140 Å². The highest BCUT2D eigenvalue weighted by atomic mass is 32.1. The van der Waals surface area contributed by atoms with Crippen LogP contribution < -0.4 is 15.5 Å². The lowest BCUT2D eigenvalue weighted by atomic mass is 10.2. The molecule has 0 fully saturated rings. The number of carbonyl (C=O) groups excluding carboxylic acids is 3. The first-order chi connectivity index (χ1) is 18.9. The Morgan fingerprint density at radius 3 is 2.23 bits per heavy atom. The van der Waals surface area contributed by atoms with Crippen LogP contribution in [0.2, 0.25) is 0 Å². The summed E-state index contributed by atoms with van der Waals surface area (Å²) in [6.07, 6.45) is 2.95. The van der Waals surface area contributed by atoms with Crippen molar-refractivity contribution >= 4 is 47.1 Å². The van der Waals surface area contributed by atoms with E-state index < -0.39 is 22.7 Å². The van der Waals surface area contributed by atoms with E-state index in [0.29, 0.717) is 11.1 Å². The second-order valence-electron chi connectivity index (χ2n) is 7.86. The van der Waals surface area contributed by atoms with E-state index in [4.69, 9.17) is 4.74 Å². The van der Waals surface area contributed by atoms with E-state index >= 15 is 0 Å². The lowest BCUT2D eigenvalue weighted by molar-refractivity contribution is -0.384. The molecular weight excluding hydrogens is 520 g/mol. The van der Waals surface area contributed by atoms with Gasteiger partial charge in [0.2, 0.25) is 0 Å². The smallest absolute Gasteiger partial charge is 0.343 e. The largest absolute Gasteiger partial charge is 0.423 e. The molecule has 0 atom stereocenters. The van der Waals surface area contributed by atoms with Gasteiger partial charge < -0.3 is 10.1 Å². The molecular formula is C28H20N4O6S. The van der Waals surface area contributed by atoms with Crippen molar-refractivity contribution in [2.75, 3.05) is 0 Å². The molecule has 0 unspecified atom stereocenters. The monoisotopic (exact) mass is 540 g/mol. The molecule has 10 nitrogen and oxygen atoms in total. The molecule has 3 aromatic carbocycles. The van der Waals surface area contributed by atoms with Crippen LogP contribution >= 0.6 is 11.3 Å². The molecule has 4 aromatic rings. The van der Waals surface area contributed by atoms with E-state index in [9.17, 15) is 24.5 Å². The number of rotatable bonds is 9. The van der Waals surface area contributed by atoms with Crippen molar-refractivity contribution in [1.29, 1.82) is 0 Å². The van der Waals surface area contributed by atoms with Crippen LogP contribution in [0.5, 0.6) is 5.75 Å². The fraction of sp³-hybridized carbons (Fsp3) is 0. The van der Waals surface area contributed by atoms with Gasteiger partial charge in [-0.25, -0.2) is 10.2 Å². The highest BCUT2D eigenvalue weighted by Gasteiger charge is 2.15. The Hall–Kier alpha value is -5.42. The normalized spacial score (nSPS) is 11.1. The first kappa shape index (κ1) is 26.6. The fourth-order valence-electron chi connectivity index (χ4n) is 3.19. The predicted octanol–water partition coefficient (Wildman–Crippen LogP) is 4.80. The number of thiophene rings is 1. The number of esters is 1. The molecule has 0 aliphatic carbocycles. The van der Waals surface area contributed by atoms with Gasteiger partial charge in [0.15, 0.2) is 0 Å². The average Bonchev–Trinajstić information content (AvgIpc) is 3.47. The number of nitrogens with zero attached hydrogens (tertiary/aromatic N) is 2. The Labute approximate surface area is 226 Å². The van der Waals surface area contributed by atoms with Crippen LogP contribution in [0, 0.1) is 10.1 Å². The molecule has 0 saturated carbocycles. The molecule has 4 rings (SSSR count). The van der Waals surface area contributed by atoms with Gasteiger partial charge in [-0.15, -0.1) is 11.3 Å². The van der Waals surface area contributed by atoms with Gasteiger partial charge >= 0.3 is 5.97 Å². The second kappa shape index (κ2) is 12.7. The van der Waals surface area contributed by atoms with Crippen molar-refractivity contribution in [2.24, 2.45) is 5.10 Å². The summed E-state index contributed by atoms with van der Waals surface area (Å²) in [6, 6.07) is 23.5. The van der Waals surface area contributed by atoms with Gasteiger partial charge in [-0.1, -0.05) is 24.3 Å².